The van der Waals surface area contributed by atoms with Crippen LogP contribution in [0, 0.1) is 0 Å². The summed E-state index contributed by atoms with van der Waals surface area (Å²) in [5, 5.41) is 2.77. The fraction of sp³-hybridized carbons (Fsp3) is 0.364. The Kier molecular flexibility index (Phi) is 3.24. The van der Waals surface area contributed by atoms with Gasteiger partial charge in [-0.25, -0.2) is 0 Å². The van der Waals surface area contributed by atoms with Gasteiger partial charge in [-0.3, -0.25) is 4.79 Å². The van der Waals surface area contributed by atoms with Crippen LogP contribution in [0.15, 0.2) is 17.0 Å². The molecule has 1 heterocycles. The highest BCUT2D eigenvalue weighted by Crippen LogP contribution is 2.37. The van der Waals surface area contributed by atoms with E-state index in [1.54, 1.807) is 17.8 Å². The zero-order valence-electron chi connectivity index (χ0n) is 9.08. The number of nitrogens with two attached hydrogens (primary N) is 1. The van der Waals surface area contributed by atoms with E-state index in [1.165, 1.54) is 0 Å². The van der Waals surface area contributed by atoms with Crippen molar-refractivity contribution in [2.24, 2.45) is 0 Å². The van der Waals surface area contributed by atoms with Crippen molar-refractivity contribution in [2.75, 3.05) is 23.4 Å². The van der Waals surface area contributed by atoms with Crippen molar-refractivity contribution in [1.29, 1.82) is 0 Å². The second kappa shape index (κ2) is 4.65. The van der Waals surface area contributed by atoms with Gasteiger partial charge in [0.25, 0.3) is 5.91 Å². The van der Waals surface area contributed by atoms with Gasteiger partial charge in [-0.05, 0) is 18.2 Å². The molecule has 16 heavy (non-hydrogen) atoms. The van der Waals surface area contributed by atoms with E-state index in [1.807, 2.05) is 6.07 Å². The number of ether oxygens (including phenoxy) is 1. The highest BCUT2D eigenvalue weighted by atomic mass is 32.2. The van der Waals surface area contributed by atoms with E-state index in [0.29, 0.717) is 17.1 Å². The number of nitrogen functional groups attached to an aromatic ring is 1. The third-order valence-electron chi connectivity index (χ3n) is 2.21. The monoisotopic (exact) mass is 238 g/mol. The zero-order chi connectivity index (χ0) is 11.5. The van der Waals surface area contributed by atoms with Gasteiger partial charge in [0.1, 0.15) is 5.75 Å². The fourth-order valence-electron chi connectivity index (χ4n) is 1.46. The van der Waals surface area contributed by atoms with Gasteiger partial charge in [0.2, 0.25) is 0 Å². The lowest BCUT2D eigenvalue weighted by Crippen LogP contribution is -2.25. The minimum absolute atomic E-state index is 0.0634. The van der Waals surface area contributed by atoms with Crippen LogP contribution in [0.1, 0.15) is 13.3 Å². The van der Waals surface area contributed by atoms with E-state index in [4.69, 9.17) is 10.5 Å². The predicted octanol–water partition coefficient (Wildman–Crippen LogP) is 2.10. The Morgan fingerprint density at radius 2 is 2.38 bits per heavy atom. The zero-order valence-corrected chi connectivity index (χ0v) is 9.89. The number of fused-ring (bicyclic) bond motifs is 1. The van der Waals surface area contributed by atoms with Crippen molar-refractivity contribution in [3.63, 3.8) is 0 Å². The number of anilines is 2. The summed E-state index contributed by atoms with van der Waals surface area (Å²) < 4.78 is 5.27. The molecule has 0 radical (unpaired) electrons. The Morgan fingerprint density at radius 1 is 1.56 bits per heavy atom. The summed E-state index contributed by atoms with van der Waals surface area (Å²) in [6, 6.07) is 3.65. The second-order valence-electron chi connectivity index (χ2n) is 3.57. The summed E-state index contributed by atoms with van der Waals surface area (Å²) in [6.07, 6.45) is 1.09. The molecule has 0 fully saturated rings. The lowest BCUT2D eigenvalue weighted by Gasteiger charge is -2.19. The summed E-state index contributed by atoms with van der Waals surface area (Å²) in [7, 11) is 0. The number of nitrogens with one attached hydrogen (secondary N) is 1. The van der Waals surface area contributed by atoms with E-state index in [9.17, 15) is 4.79 Å². The first-order valence-electron chi connectivity index (χ1n) is 5.19. The van der Waals surface area contributed by atoms with Crippen LogP contribution in [-0.4, -0.2) is 18.3 Å². The first kappa shape index (κ1) is 11.1. The molecule has 0 atom stereocenters. The van der Waals surface area contributed by atoms with Gasteiger partial charge < -0.3 is 15.8 Å². The normalized spacial score (nSPS) is 13.9. The number of hydrogen-bond donors (Lipinski definition) is 2. The van der Waals surface area contributed by atoms with Crippen LogP contribution < -0.4 is 15.8 Å². The molecule has 0 bridgehead atoms. The maximum absolute atomic E-state index is 11.2. The lowest BCUT2D eigenvalue weighted by atomic mass is 10.2. The molecular weight excluding hydrogens is 224 g/mol. The minimum Gasteiger partial charge on any atom is -0.482 e. The van der Waals surface area contributed by atoms with E-state index < -0.39 is 0 Å². The smallest absolute Gasteiger partial charge is 0.262 e. The molecule has 0 unspecified atom stereocenters. The molecule has 2 rings (SSSR count). The molecule has 1 amide bonds. The molecule has 0 spiro atoms. The van der Waals surface area contributed by atoms with Crippen molar-refractivity contribution >= 4 is 29.0 Å². The van der Waals surface area contributed by atoms with E-state index in [2.05, 4.69) is 12.2 Å². The largest absolute Gasteiger partial charge is 0.482 e. The molecule has 1 aliphatic rings. The van der Waals surface area contributed by atoms with Gasteiger partial charge in [0, 0.05) is 16.6 Å². The first-order valence-corrected chi connectivity index (χ1v) is 6.18. The molecule has 5 heteroatoms. The van der Waals surface area contributed by atoms with Gasteiger partial charge >= 0.3 is 0 Å². The number of rotatable bonds is 3. The molecule has 1 aliphatic heterocycles. The van der Waals surface area contributed by atoms with Gasteiger partial charge in [0.05, 0.1) is 5.69 Å². The van der Waals surface area contributed by atoms with Crippen LogP contribution in [0.25, 0.3) is 0 Å². The molecular formula is C11H14N2O2S. The molecule has 0 saturated carbocycles. The standard InChI is InChI=1S/C11H14N2O2S/c1-2-3-16-10-5-8-9(4-7(10)12)15-6-11(14)13-8/h4-5H,2-3,6,12H2,1H3,(H,13,14). The topological polar surface area (TPSA) is 64.3 Å². The van der Waals surface area contributed by atoms with Gasteiger partial charge in [-0.15, -0.1) is 11.8 Å². The first-order chi connectivity index (χ1) is 7.70. The van der Waals surface area contributed by atoms with Crippen LogP contribution in [-0.2, 0) is 4.79 Å². The van der Waals surface area contributed by atoms with Crippen molar-refractivity contribution in [2.45, 2.75) is 18.2 Å². The van der Waals surface area contributed by atoms with Gasteiger partial charge in [0.15, 0.2) is 6.61 Å². The highest BCUT2D eigenvalue weighted by molar-refractivity contribution is 7.99. The summed E-state index contributed by atoms with van der Waals surface area (Å²) in [6.45, 7) is 2.18. The van der Waals surface area contributed by atoms with Gasteiger partial charge in [-0.1, -0.05) is 6.92 Å². The fourth-order valence-corrected chi connectivity index (χ4v) is 2.31. The molecule has 86 valence electrons. The number of thioether (sulfide) groups is 1. The average molecular weight is 238 g/mol. The van der Waals surface area contributed by atoms with E-state index in [0.717, 1.165) is 17.1 Å². The van der Waals surface area contributed by atoms with Crippen molar-refractivity contribution in [3.05, 3.63) is 12.1 Å². The van der Waals surface area contributed by atoms with E-state index >= 15 is 0 Å². The van der Waals surface area contributed by atoms with Crippen LogP contribution in [0.2, 0.25) is 0 Å². The van der Waals surface area contributed by atoms with Crippen molar-refractivity contribution in [1.82, 2.24) is 0 Å². The Labute approximate surface area is 98.5 Å². The number of carbonyl (C=O) groups excluding carboxylic acids is 1. The quantitative estimate of drug-likeness (QED) is 0.625. The number of amides is 1. The predicted molar refractivity (Wildman–Crippen MR) is 66.0 cm³/mol. The Hall–Kier alpha value is -1.36. The minimum atomic E-state index is -0.122. The molecule has 0 aromatic heterocycles. The summed E-state index contributed by atoms with van der Waals surface area (Å²) in [5.41, 5.74) is 7.32. The van der Waals surface area contributed by atoms with Crippen LogP contribution >= 0.6 is 11.8 Å². The Bertz CT molecular complexity index is 421. The van der Waals surface area contributed by atoms with E-state index in [-0.39, 0.29) is 12.5 Å². The summed E-state index contributed by atoms with van der Waals surface area (Å²) >= 11 is 1.69. The van der Waals surface area contributed by atoms with Crippen LogP contribution in [0.5, 0.6) is 5.75 Å². The second-order valence-corrected chi connectivity index (χ2v) is 4.71. The Morgan fingerprint density at radius 3 is 3.12 bits per heavy atom. The summed E-state index contributed by atoms with van der Waals surface area (Å²) in [5.74, 6) is 1.54. The average Bonchev–Trinajstić information content (AvgIpc) is 2.27. The van der Waals surface area contributed by atoms with Crippen LogP contribution in [0.4, 0.5) is 11.4 Å². The van der Waals surface area contributed by atoms with Gasteiger partial charge in [-0.2, -0.15) is 0 Å². The molecule has 0 aliphatic carbocycles. The number of carbonyl (C=O) groups is 1. The molecule has 3 N–H and O–H groups in total. The maximum Gasteiger partial charge on any atom is 0.262 e. The molecule has 1 aromatic carbocycles. The molecule has 1 aromatic rings. The third-order valence-corrected chi connectivity index (χ3v) is 3.48. The van der Waals surface area contributed by atoms with Crippen molar-refractivity contribution < 1.29 is 9.53 Å². The lowest BCUT2D eigenvalue weighted by molar-refractivity contribution is -0.118. The van der Waals surface area contributed by atoms with Crippen LogP contribution in [0.3, 0.4) is 0 Å². The Balaban J connectivity index is 2.27. The number of hydrogen-bond acceptors (Lipinski definition) is 4. The molecule has 0 saturated heterocycles. The third kappa shape index (κ3) is 2.24. The SMILES string of the molecule is CCCSc1cc2c(cc1N)OCC(=O)N2. The highest BCUT2D eigenvalue weighted by Gasteiger charge is 2.17. The van der Waals surface area contributed by atoms with Crippen molar-refractivity contribution in [3.8, 4) is 5.75 Å². The summed E-state index contributed by atoms with van der Waals surface area (Å²) in [4.78, 5) is 12.2. The number of benzene rings is 1. The molecule has 4 nitrogen and oxygen atoms in total. The maximum atomic E-state index is 11.2.